The molecule has 2 aromatic heterocycles. The lowest BCUT2D eigenvalue weighted by molar-refractivity contribution is 1.17. The van der Waals surface area contributed by atoms with Gasteiger partial charge in [-0.25, -0.2) is 4.98 Å². The Morgan fingerprint density at radius 2 is 1.67 bits per heavy atom. The van der Waals surface area contributed by atoms with Crippen LogP contribution in [0.2, 0.25) is 0 Å². The summed E-state index contributed by atoms with van der Waals surface area (Å²) in [6, 6.07) is 4.07. The number of rotatable bonds is 0. The van der Waals surface area contributed by atoms with E-state index < -0.39 is 0 Å². The molecule has 0 saturated heterocycles. The van der Waals surface area contributed by atoms with E-state index in [0.29, 0.717) is 0 Å². The van der Waals surface area contributed by atoms with Crippen molar-refractivity contribution in [2.45, 2.75) is 27.7 Å². The summed E-state index contributed by atoms with van der Waals surface area (Å²) in [5.41, 5.74) is 2.30. The molecule has 0 aliphatic heterocycles. The minimum Gasteiger partial charge on any atom is -0.261 e. The van der Waals surface area contributed by atoms with Gasteiger partial charge in [0.05, 0.1) is 5.01 Å². The summed E-state index contributed by atoms with van der Waals surface area (Å²) in [5, 5.41) is 1.15. The first-order valence-electron chi connectivity index (χ1n) is 4.86. The SMILES string of the molecule is Cc1ccc(C)nc1.Cc1cnc(C)s1. The molecule has 3 heteroatoms. The second-order valence-electron chi connectivity index (χ2n) is 3.47. The lowest BCUT2D eigenvalue weighted by Gasteiger charge is -1.89. The van der Waals surface area contributed by atoms with Crippen LogP contribution >= 0.6 is 11.3 Å². The fourth-order valence-corrected chi connectivity index (χ4v) is 1.69. The van der Waals surface area contributed by atoms with Crippen molar-refractivity contribution < 1.29 is 0 Å². The second kappa shape index (κ2) is 5.61. The van der Waals surface area contributed by atoms with Crippen molar-refractivity contribution in [1.82, 2.24) is 9.97 Å². The smallest absolute Gasteiger partial charge is 0.0896 e. The summed E-state index contributed by atoms with van der Waals surface area (Å²) in [5.74, 6) is 0. The van der Waals surface area contributed by atoms with Crippen molar-refractivity contribution in [3.05, 3.63) is 45.7 Å². The van der Waals surface area contributed by atoms with E-state index in [-0.39, 0.29) is 0 Å². The molecule has 80 valence electrons. The van der Waals surface area contributed by atoms with E-state index in [1.807, 2.05) is 39.2 Å². The van der Waals surface area contributed by atoms with E-state index in [9.17, 15) is 0 Å². The number of nitrogens with zero attached hydrogens (tertiary/aromatic N) is 2. The average Bonchev–Trinajstić information content (AvgIpc) is 2.56. The lowest BCUT2D eigenvalue weighted by atomic mass is 10.3. The van der Waals surface area contributed by atoms with Gasteiger partial charge < -0.3 is 0 Å². The predicted octanol–water partition coefficient (Wildman–Crippen LogP) is 3.46. The maximum absolute atomic E-state index is 4.08. The molecule has 2 heterocycles. The zero-order valence-electron chi connectivity index (χ0n) is 9.61. The van der Waals surface area contributed by atoms with Gasteiger partial charge in [-0.3, -0.25) is 4.98 Å². The van der Waals surface area contributed by atoms with Crippen LogP contribution in [-0.2, 0) is 0 Å². The first-order valence-corrected chi connectivity index (χ1v) is 5.68. The first kappa shape index (κ1) is 11.9. The van der Waals surface area contributed by atoms with Gasteiger partial charge in [-0.05, 0) is 39.3 Å². The second-order valence-corrected chi connectivity index (χ2v) is 4.91. The Morgan fingerprint density at radius 1 is 0.933 bits per heavy atom. The van der Waals surface area contributed by atoms with Gasteiger partial charge in [0, 0.05) is 23.0 Å². The minimum absolute atomic E-state index is 1.08. The molecule has 2 rings (SSSR count). The molecule has 0 atom stereocenters. The predicted molar refractivity (Wildman–Crippen MR) is 65.3 cm³/mol. The number of aryl methyl sites for hydroxylation is 4. The Balaban J connectivity index is 0.000000151. The number of pyridine rings is 1. The highest BCUT2D eigenvalue weighted by Crippen LogP contribution is 2.07. The average molecular weight is 220 g/mol. The first-order chi connectivity index (χ1) is 7.08. The molecule has 2 aromatic rings. The zero-order valence-corrected chi connectivity index (χ0v) is 10.4. The van der Waals surface area contributed by atoms with Gasteiger partial charge in [-0.1, -0.05) is 6.07 Å². The van der Waals surface area contributed by atoms with Crippen LogP contribution in [0.3, 0.4) is 0 Å². The van der Waals surface area contributed by atoms with E-state index in [4.69, 9.17) is 0 Å². The monoisotopic (exact) mass is 220 g/mol. The Kier molecular flexibility index (Phi) is 4.43. The summed E-state index contributed by atoms with van der Waals surface area (Å²) < 4.78 is 0. The van der Waals surface area contributed by atoms with E-state index >= 15 is 0 Å². The van der Waals surface area contributed by atoms with Crippen LogP contribution < -0.4 is 0 Å². The molecule has 15 heavy (non-hydrogen) atoms. The minimum atomic E-state index is 1.08. The zero-order chi connectivity index (χ0) is 11.3. The Bertz CT molecular complexity index is 366. The van der Waals surface area contributed by atoms with Crippen LogP contribution in [0.4, 0.5) is 0 Å². The molecule has 0 aliphatic rings. The fraction of sp³-hybridized carbons (Fsp3) is 0.333. The fourth-order valence-electron chi connectivity index (χ4n) is 1.01. The van der Waals surface area contributed by atoms with Crippen LogP contribution in [0.15, 0.2) is 24.5 Å². The van der Waals surface area contributed by atoms with Crippen molar-refractivity contribution in [3.63, 3.8) is 0 Å². The van der Waals surface area contributed by atoms with Gasteiger partial charge in [-0.2, -0.15) is 0 Å². The van der Waals surface area contributed by atoms with Crippen molar-refractivity contribution >= 4 is 11.3 Å². The van der Waals surface area contributed by atoms with Gasteiger partial charge >= 0.3 is 0 Å². The van der Waals surface area contributed by atoms with Crippen LogP contribution in [0.5, 0.6) is 0 Å². The topological polar surface area (TPSA) is 25.8 Å². The normalized spacial score (nSPS) is 9.33. The highest BCUT2D eigenvalue weighted by Gasteiger charge is 1.86. The van der Waals surface area contributed by atoms with Crippen LogP contribution in [-0.4, -0.2) is 9.97 Å². The molecule has 0 aromatic carbocycles. The standard InChI is InChI=1S/C7H9N.C5H7NS/c1-6-3-4-7(2)8-5-6;1-4-3-6-5(2)7-4/h3-5H,1-2H3;3H,1-2H3. The summed E-state index contributed by atoms with van der Waals surface area (Å²) in [7, 11) is 0. The largest absolute Gasteiger partial charge is 0.261 e. The molecule has 0 unspecified atom stereocenters. The van der Waals surface area contributed by atoms with Gasteiger partial charge in [0.2, 0.25) is 0 Å². The van der Waals surface area contributed by atoms with Crippen molar-refractivity contribution in [2.24, 2.45) is 0 Å². The highest BCUT2D eigenvalue weighted by molar-refractivity contribution is 7.11. The van der Waals surface area contributed by atoms with E-state index in [2.05, 4.69) is 23.0 Å². The molecular weight excluding hydrogens is 204 g/mol. The summed E-state index contributed by atoms with van der Waals surface area (Å²) in [4.78, 5) is 9.40. The quantitative estimate of drug-likeness (QED) is 0.679. The molecule has 0 saturated carbocycles. The Hall–Kier alpha value is -1.22. The Morgan fingerprint density at radius 3 is 1.93 bits per heavy atom. The van der Waals surface area contributed by atoms with Crippen LogP contribution in [0.25, 0.3) is 0 Å². The Labute approximate surface area is 95.0 Å². The third kappa shape index (κ3) is 4.70. The maximum Gasteiger partial charge on any atom is 0.0896 e. The van der Waals surface area contributed by atoms with Crippen molar-refractivity contribution in [3.8, 4) is 0 Å². The molecule has 0 radical (unpaired) electrons. The van der Waals surface area contributed by atoms with Crippen molar-refractivity contribution in [2.75, 3.05) is 0 Å². The summed E-state index contributed by atoms with van der Waals surface area (Å²) in [6.45, 7) is 8.09. The molecule has 2 nitrogen and oxygen atoms in total. The molecule has 0 fully saturated rings. The molecular formula is C12H16N2S. The van der Waals surface area contributed by atoms with Crippen molar-refractivity contribution in [1.29, 1.82) is 0 Å². The van der Waals surface area contributed by atoms with Gasteiger partial charge in [0.1, 0.15) is 0 Å². The third-order valence-corrected chi connectivity index (χ3v) is 2.62. The van der Waals surface area contributed by atoms with E-state index in [1.54, 1.807) is 11.3 Å². The third-order valence-electron chi connectivity index (χ3n) is 1.80. The van der Waals surface area contributed by atoms with Gasteiger partial charge in [0.15, 0.2) is 0 Å². The lowest BCUT2D eigenvalue weighted by Crippen LogP contribution is -1.78. The summed E-state index contributed by atoms with van der Waals surface area (Å²) >= 11 is 1.73. The molecule has 0 spiro atoms. The van der Waals surface area contributed by atoms with Crippen LogP contribution in [0, 0.1) is 27.7 Å². The molecule has 0 bridgehead atoms. The molecule has 0 N–H and O–H groups in total. The van der Waals surface area contributed by atoms with Crippen LogP contribution in [0.1, 0.15) is 21.1 Å². The number of hydrogen-bond acceptors (Lipinski definition) is 3. The van der Waals surface area contributed by atoms with E-state index in [0.717, 1.165) is 10.7 Å². The van der Waals surface area contributed by atoms with E-state index in [1.165, 1.54) is 10.4 Å². The highest BCUT2D eigenvalue weighted by atomic mass is 32.1. The molecule has 0 aliphatic carbocycles. The molecule has 0 amide bonds. The number of aromatic nitrogens is 2. The maximum atomic E-state index is 4.08. The van der Waals surface area contributed by atoms with Gasteiger partial charge in [-0.15, -0.1) is 11.3 Å². The number of thiazole rings is 1. The summed E-state index contributed by atoms with van der Waals surface area (Å²) in [6.07, 6.45) is 3.76. The number of hydrogen-bond donors (Lipinski definition) is 0. The van der Waals surface area contributed by atoms with Gasteiger partial charge in [0.25, 0.3) is 0 Å².